The van der Waals surface area contributed by atoms with Crippen LogP contribution in [-0.2, 0) is 24.2 Å². The van der Waals surface area contributed by atoms with Crippen LogP contribution in [0.4, 0.5) is 0 Å². The molecule has 0 N–H and O–H groups in total. The minimum atomic E-state index is -0.245. The van der Waals surface area contributed by atoms with Gasteiger partial charge in [0.05, 0.1) is 0 Å². The average molecular weight is 227 g/mol. The number of hydrogen-bond acceptors (Lipinski definition) is 0. The van der Waals surface area contributed by atoms with Gasteiger partial charge in [-0.2, -0.15) is 0 Å². The molecular weight excluding hydrogens is 208 g/mol. The summed E-state index contributed by atoms with van der Waals surface area (Å²) in [5.74, 6) is 1.97. The average Bonchev–Trinajstić information content (AvgIpc) is 1.63. The molecule has 0 atom stereocenters. The Balaban J connectivity index is 2.91. The molecular formula is C8H18Cd. The van der Waals surface area contributed by atoms with Crippen molar-refractivity contribution < 1.29 is 24.2 Å². The van der Waals surface area contributed by atoms with Gasteiger partial charge in [0.1, 0.15) is 0 Å². The predicted octanol–water partition coefficient (Wildman–Crippen LogP) is 3.22. The molecule has 0 saturated carbocycles. The molecule has 0 amide bonds. The van der Waals surface area contributed by atoms with Crippen molar-refractivity contribution in [3.8, 4) is 0 Å². The van der Waals surface area contributed by atoms with Crippen LogP contribution < -0.4 is 0 Å². The summed E-state index contributed by atoms with van der Waals surface area (Å²) in [6.07, 6.45) is 0. The molecule has 0 aromatic heterocycles. The first-order valence-electron chi connectivity index (χ1n) is 4.13. The van der Waals surface area contributed by atoms with Gasteiger partial charge in [-0.3, -0.25) is 0 Å². The quantitative estimate of drug-likeness (QED) is 0.646. The van der Waals surface area contributed by atoms with E-state index in [2.05, 4.69) is 27.7 Å². The van der Waals surface area contributed by atoms with Gasteiger partial charge in [-0.25, -0.2) is 0 Å². The van der Waals surface area contributed by atoms with E-state index in [-0.39, 0.29) is 24.2 Å². The van der Waals surface area contributed by atoms with Gasteiger partial charge in [-0.05, 0) is 0 Å². The molecule has 1 heteroatoms. The molecule has 0 aliphatic rings. The summed E-state index contributed by atoms with van der Waals surface area (Å²) in [6.45, 7) is 9.38. The third-order valence-corrected chi connectivity index (χ3v) is 10.5. The third-order valence-electron chi connectivity index (χ3n) is 1.56. The molecule has 0 unspecified atom stereocenters. The normalized spacial score (nSPS) is 10.4. The predicted molar refractivity (Wildman–Crippen MR) is 39.3 cm³/mol. The summed E-state index contributed by atoms with van der Waals surface area (Å²) in [5.41, 5.74) is 0. The molecule has 0 aliphatic heterocycles. The summed E-state index contributed by atoms with van der Waals surface area (Å²) in [5, 5.41) is 0. The van der Waals surface area contributed by atoms with E-state index in [1.54, 1.807) is 7.96 Å². The van der Waals surface area contributed by atoms with Crippen molar-refractivity contribution in [2.75, 3.05) is 0 Å². The van der Waals surface area contributed by atoms with Crippen LogP contribution in [0.15, 0.2) is 0 Å². The van der Waals surface area contributed by atoms with Crippen molar-refractivity contribution >= 4 is 0 Å². The Kier molecular flexibility index (Phi) is 6.27. The zero-order valence-electron chi connectivity index (χ0n) is 7.28. The van der Waals surface area contributed by atoms with E-state index in [1.807, 2.05) is 0 Å². The molecule has 0 aliphatic carbocycles. The summed E-state index contributed by atoms with van der Waals surface area (Å²) in [7, 11) is 0. The van der Waals surface area contributed by atoms with E-state index in [1.165, 1.54) is 0 Å². The van der Waals surface area contributed by atoms with Crippen LogP contribution >= 0.6 is 0 Å². The second kappa shape index (κ2) is 5.69. The van der Waals surface area contributed by atoms with E-state index in [4.69, 9.17) is 0 Å². The van der Waals surface area contributed by atoms with E-state index in [9.17, 15) is 0 Å². The van der Waals surface area contributed by atoms with Crippen LogP contribution in [-0.4, -0.2) is 0 Å². The van der Waals surface area contributed by atoms with Gasteiger partial charge in [-0.1, -0.05) is 0 Å². The molecule has 0 bridgehead atoms. The van der Waals surface area contributed by atoms with Crippen molar-refractivity contribution in [3.63, 3.8) is 0 Å². The maximum atomic E-state index is 2.34. The topological polar surface area (TPSA) is 0 Å². The van der Waals surface area contributed by atoms with Crippen LogP contribution in [0.2, 0.25) is 7.96 Å². The van der Waals surface area contributed by atoms with Gasteiger partial charge in [-0.15, -0.1) is 0 Å². The fourth-order valence-corrected chi connectivity index (χ4v) is 6.27. The van der Waals surface area contributed by atoms with Crippen molar-refractivity contribution in [3.05, 3.63) is 0 Å². The van der Waals surface area contributed by atoms with Crippen molar-refractivity contribution in [1.29, 1.82) is 0 Å². The summed E-state index contributed by atoms with van der Waals surface area (Å²) in [4.78, 5) is 0. The van der Waals surface area contributed by atoms with Gasteiger partial charge >= 0.3 is 71.7 Å². The van der Waals surface area contributed by atoms with E-state index in [0.29, 0.717) is 0 Å². The Morgan fingerprint density at radius 1 is 0.889 bits per heavy atom. The Hall–Kier alpha value is 0.922. The molecule has 0 aromatic rings. The molecule has 0 aromatic carbocycles. The number of rotatable bonds is 4. The van der Waals surface area contributed by atoms with Crippen molar-refractivity contribution in [2.45, 2.75) is 35.7 Å². The van der Waals surface area contributed by atoms with Crippen LogP contribution in [0.25, 0.3) is 0 Å². The van der Waals surface area contributed by atoms with Crippen LogP contribution in [0.3, 0.4) is 0 Å². The minimum absolute atomic E-state index is 0.245. The Labute approximate surface area is 71.6 Å². The second-order valence-electron chi connectivity index (χ2n) is 3.72. The molecule has 0 saturated heterocycles. The fraction of sp³-hybridized carbons (Fsp3) is 1.00. The van der Waals surface area contributed by atoms with Gasteiger partial charge in [0.15, 0.2) is 0 Å². The van der Waals surface area contributed by atoms with Gasteiger partial charge < -0.3 is 0 Å². The Morgan fingerprint density at radius 3 is 1.44 bits per heavy atom. The van der Waals surface area contributed by atoms with Crippen LogP contribution in [0.1, 0.15) is 27.7 Å². The van der Waals surface area contributed by atoms with Crippen LogP contribution in [0, 0.1) is 11.8 Å². The van der Waals surface area contributed by atoms with E-state index >= 15 is 0 Å². The van der Waals surface area contributed by atoms with Crippen LogP contribution in [0.5, 0.6) is 0 Å². The SMILES string of the molecule is CC(C)[CH2][Cd][CH2]C(C)C. The van der Waals surface area contributed by atoms with Crippen molar-refractivity contribution in [2.24, 2.45) is 11.8 Å². The maximum absolute atomic E-state index is 2.34. The zero-order valence-corrected chi connectivity index (χ0v) is 11.3. The number of hydrogen-bond donors (Lipinski definition) is 0. The van der Waals surface area contributed by atoms with Crippen molar-refractivity contribution in [1.82, 2.24) is 0 Å². The van der Waals surface area contributed by atoms with E-state index in [0.717, 1.165) is 11.8 Å². The molecule has 0 fully saturated rings. The second-order valence-corrected chi connectivity index (χ2v) is 9.03. The van der Waals surface area contributed by atoms with E-state index < -0.39 is 0 Å². The standard InChI is InChI=1S/2C4H9.Cd/c2*1-4(2)3;/h2*4H,1H2,2-3H3;. The first-order valence-corrected chi connectivity index (χ1v) is 9.83. The molecule has 0 rings (SSSR count). The molecule has 0 spiro atoms. The first kappa shape index (κ1) is 9.92. The molecule has 0 radical (unpaired) electrons. The first-order chi connectivity index (χ1) is 4.13. The van der Waals surface area contributed by atoms with Gasteiger partial charge in [0, 0.05) is 0 Å². The van der Waals surface area contributed by atoms with Gasteiger partial charge in [0.2, 0.25) is 0 Å². The summed E-state index contributed by atoms with van der Waals surface area (Å²) >= 11 is -0.245. The zero-order chi connectivity index (χ0) is 7.28. The Morgan fingerprint density at radius 2 is 1.22 bits per heavy atom. The summed E-state index contributed by atoms with van der Waals surface area (Å²) < 4.78 is 3.22. The Bertz CT molecular complexity index is 49.6. The summed E-state index contributed by atoms with van der Waals surface area (Å²) in [6, 6.07) is 0. The third kappa shape index (κ3) is 8.92. The van der Waals surface area contributed by atoms with Gasteiger partial charge in [0.25, 0.3) is 0 Å². The molecule has 0 heterocycles. The fourth-order valence-electron chi connectivity index (χ4n) is 0.934. The molecule has 9 heavy (non-hydrogen) atoms. The molecule has 52 valence electrons. The monoisotopic (exact) mass is 228 g/mol. The molecule has 0 nitrogen and oxygen atoms in total.